The summed E-state index contributed by atoms with van der Waals surface area (Å²) in [6.45, 7) is 3.23. The predicted octanol–water partition coefficient (Wildman–Crippen LogP) is 4.04. The van der Waals surface area contributed by atoms with Crippen molar-refractivity contribution in [3.8, 4) is 0 Å². The zero-order chi connectivity index (χ0) is 15.0. The molecule has 132 valence electrons. The third-order valence-electron chi connectivity index (χ3n) is 4.20. The van der Waals surface area contributed by atoms with E-state index in [1.54, 1.807) is 0 Å². The highest BCUT2D eigenvalue weighted by Gasteiger charge is 2.39. The van der Waals surface area contributed by atoms with E-state index in [1.165, 1.54) is 6.07 Å². The van der Waals surface area contributed by atoms with Gasteiger partial charge in [0.1, 0.15) is 5.82 Å². The summed E-state index contributed by atoms with van der Waals surface area (Å²) in [5.41, 5.74) is -0.426. The second-order valence-corrected chi connectivity index (χ2v) is 5.84. The number of halogens is 6. The highest BCUT2D eigenvalue weighted by atomic mass is 35.5. The molecule has 1 aromatic carbocycles. The Bertz CT molecular complexity index is 515. The molecule has 23 heavy (non-hydrogen) atoms. The fourth-order valence-corrected chi connectivity index (χ4v) is 3.10. The summed E-state index contributed by atoms with van der Waals surface area (Å²) in [4.78, 5) is 2.18. The molecule has 1 N–H and O–H groups in total. The minimum absolute atomic E-state index is 0. The maximum absolute atomic E-state index is 13.6. The van der Waals surface area contributed by atoms with E-state index in [-0.39, 0.29) is 30.9 Å². The molecule has 1 aliphatic heterocycles. The normalized spacial score (nSPS) is 20.3. The topological polar surface area (TPSA) is 15.3 Å². The SMILES string of the molecule is Cl.Cl.Fc1cc([C@H](C2CC2)N2CCNCC2)cc(C(F)(F)F)c1. The first-order valence-corrected chi connectivity index (χ1v) is 7.27. The summed E-state index contributed by atoms with van der Waals surface area (Å²) in [6, 6.07) is 2.86. The Morgan fingerprint density at radius 2 is 1.65 bits per heavy atom. The Morgan fingerprint density at radius 1 is 1.04 bits per heavy atom. The summed E-state index contributed by atoms with van der Waals surface area (Å²) < 4.78 is 52.3. The molecule has 0 radical (unpaired) electrons. The second-order valence-electron chi connectivity index (χ2n) is 5.84. The number of rotatable bonds is 3. The van der Waals surface area contributed by atoms with E-state index < -0.39 is 17.6 Å². The maximum Gasteiger partial charge on any atom is 0.416 e. The molecule has 1 atom stereocenters. The van der Waals surface area contributed by atoms with Gasteiger partial charge >= 0.3 is 6.18 Å². The first kappa shape index (κ1) is 20.5. The Balaban J connectivity index is 0.00000132. The minimum Gasteiger partial charge on any atom is -0.314 e. The molecule has 1 heterocycles. The molecule has 2 nitrogen and oxygen atoms in total. The van der Waals surface area contributed by atoms with Gasteiger partial charge in [-0.15, -0.1) is 24.8 Å². The number of piperazine rings is 1. The molecule has 8 heteroatoms. The number of benzene rings is 1. The molecule has 0 unspecified atom stereocenters. The Morgan fingerprint density at radius 3 is 2.17 bits per heavy atom. The number of nitrogens with one attached hydrogen (secondary N) is 1. The molecule has 2 aliphatic rings. The van der Waals surface area contributed by atoms with Crippen molar-refractivity contribution in [3.63, 3.8) is 0 Å². The zero-order valence-electron chi connectivity index (χ0n) is 12.4. The van der Waals surface area contributed by atoms with Gasteiger partial charge in [0.05, 0.1) is 5.56 Å². The first-order chi connectivity index (χ1) is 9.95. The summed E-state index contributed by atoms with van der Waals surface area (Å²) in [5, 5.41) is 3.23. The van der Waals surface area contributed by atoms with E-state index in [9.17, 15) is 17.6 Å². The predicted molar refractivity (Wildman–Crippen MR) is 85.8 cm³/mol. The number of hydrogen-bond acceptors (Lipinski definition) is 2. The molecule has 3 rings (SSSR count). The first-order valence-electron chi connectivity index (χ1n) is 7.27. The summed E-state index contributed by atoms with van der Waals surface area (Å²) >= 11 is 0. The number of nitrogens with zero attached hydrogens (tertiary/aromatic N) is 1. The number of alkyl halides is 3. The van der Waals surface area contributed by atoms with E-state index in [2.05, 4.69) is 10.2 Å². The second kappa shape index (κ2) is 8.01. The van der Waals surface area contributed by atoms with Crippen molar-refractivity contribution in [1.29, 1.82) is 0 Å². The van der Waals surface area contributed by atoms with Gasteiger partial charge in [-0.3, -0.25) is 4.90 Å². The van der Waals surface area contributed by atoms with Crippen LogP contribution in [0.1, 0.15) is 30.0 Å². The van der Waals surface area contributed by atoms with Crippen LogP contribution in [0.5, 0.6) is 0 Å². The minimum atomic E-state index is -4.51. The van der Waals surface area contributed by atoms with Crippen molar-refractivity contribution in [3.05, 3.63) is 35.1 Å². The standard InChI is InChI=1S/C15H18F4N2.2ClH/c16-13-8-11(7-12(9-13)15(17,18)19)14(10-1-2-10)21-5-3-20-4-6-21;;/h7-10,14,20H,1-6H2;2*1H/t14-;;/m0../s1. The van der Waals surface area contributed by atoms with Crippen molar-refractivity contribution >= 4 is 24.8 Å². The Labute approximate surface area is 145 Å². The number of hydrogen-bond donors (Lipinski definition) is 1. The van der Waals surface area contributed by atoms with Crippen molar-refractivity contribution in [2.45, 2.75) is 25.1 Å². The Hall–Kier alpha value is -0.560. The van der Waals surface area contributed by atoms with Crippen LogP contribution in [0.15, 0.2) is 18.2 Å². The Kier molecular flexibility index (Phi) is 7.13. The molecule has 0 amide bonds. The smallest absolute Gasteiger partial charge is 0.314 e. The monoisotopic (exact) mass is 374 g/mol. The lowest BCUT2D eigenvalue weighted by atomic mass is 9.97. The molecule has 0 bridgehead atoms. The van der Waals surface area contributed by atoms with E-state index in [1.807, 2.05) is 0 Å². The molecule has 1 aliphatic carbocycles. The van der Waals surface area contributed by atoms with Crippen LogP contribution in [0.2, 0.25) is 0 Å². The highest BCUT2D eigenvalue weighted by molar-refractivity contribution is 5.85. The average molecular weight is 375 g/mol. The van der Waals surface area contributed by atoms with Gasteiger partial charge in [-0.05, 0) is 42.5 Å². The molecular weight excluding hydrogens is 355 g/mol. The van der Waals surface area contributed by atoms with Crippen molar-refractivity contribution in [2.75, 3.05) is 26.2 Å². The van der Waals surface area contributed by atoms with Gasteiger partial charge in [-0.1, -0.05) is 0 Å². The highest BCUT2D eigenvalue weighted by Crippen LogP contribution is 2.45. The van der Waals surface area contributed by atoms with Gasteiger partial charge in [-0.2, -0.15) is 13.2 Å². The van der Waals surface area contributed by atoms with Gasteiger partial charge in [0, 0.05) is 32.2 Å². The summed E-state index contributed by atoms with van der Waals surface area (Å²) in [6.07, 6.45) is -2.49. The third-order valence-corrected chi connectivity index (χ3v) is 4.20. The molecular formula is C15H20Cl2F4N2. The van der Waals surface area contributed by atoms with Crippen LogP contribution < -0.4 is 5.32 Å². The molecule has 1 saturated carbocycles. The lowest BCUT2D eigenvalue weighted by Crippen LogP contribution is -2.45. The summed E-state index contributed by atoms with van der Waals surface area (Å²) in [5.74, 6) is -0.452. The summed E-state index contributed by atoms with van der Waals surface area (Å²) in [7, 11) is 0. The largest absolute Gasteiger partial charge is 0.416 e. The van der Waals surface area contributed by atoms with Crippen molar-refractivity contribution in [2.24, 2.45) is 5.92 Å². The van der Waals surface area contributed by atoms with Crippen LogP contribution in [0.3, 0.4) is 0 Å². The fraction of sp³-hybridized carbons (Fsp3) is 0.600. The molecule has 1 saturated heterocycles. The average Bonchev–Trinajstić information content (AvgIpc) is 3.23. The molecule has 2 fully saturated rings. The van der Waals surface area contributed by atoms with Crippen molar-refractivity contribution in [1.82, 2.24) is 10.2 Å². The van der Waals surface area contributed by atoms with Crippen LogP contribution in [-0.2, 0) is 6.18 Å². The van der Waals surface area contributed by atoms with E-state index in [0.29, 0.717) is 17.5 Å². The lowest BCUT2D eigenvalue weighted by molar-refractivity contribution is -0.137. The van der Waals surface area contributed by atoms with E-state index in [4.69, 9.17) is 0 Å². The van der Waals surface area contributed by atoms with E-state index >= 15 is 0 Å². The zero-order valence-corrected chi connectivity index (χ0v) is 14.0. The fourth-order valence-electron chi connectivity index (χ4n) is 3.10. The van der Waals surface area contributed by atoms with Crippen LogP contribution >= 0.6 is 24.8 Å². The third kappa shape index (κ3) is 4.95. The van der Waals surface area contributed by atoms with Gasteiger partial charge in [0.15, 0.2) is 0 Å². The van der Waals surface area contributed by atoms with E-state index in [0.717, 1.165) is 45.1 Å². The van der Waals surface area contributed by atoms with Crippen LogP contribution in [-0.4, -0.2) is 31.1 Å². The van der Waals surface area contributed by atoms with Crippen LogP contribution in [0.4, 0.5) is 17.6 Å². The van der Waals surface area contributed by atoms with Gasteiger partial charge in [0.2, 0.25) is 0 Å². The van der Waals surface area contributed by atoms with Gasteiger partial charge < -0.3 is 5.32 Å². The van der Waals surface area contributed by atoms with Crippen LogP contribution in [0, 0.1) is 11.7 Å². The molecule has 1 aromatic rings. The molecule has 0 spiro atoms. The van der Waals surface area contributed by atoms with Crippen molar-refractivity contribution < 1.29 is 17.6 Å². The van der Waals surface area contributed by atoms with Gasteiger partial charge in [0.25, 0.3) is 0 Å². The lowest BCUT2D eigenvalue weighted by Gasteiger charge is -2.35. The maximum atomic E-state index is 13.6. The van der Waals surface area contributed by atoms with Gasteiger partial charge in [-0.25, -0.2) is 4.39 Å². The quantitative estimate of drug-likeness (QED) is 0.803. The molecule has 0 aromatic heterocycles. The van der Waals surface area contributed by atoms with Crippen LogP contribution in [0.25, 0.3) is 0 Å².